The highest BCUT2D eigenvalue weighted by Gasteiger charge is 2.60. The minimum atomic E-state index is -0.351. The Morgan fingerprint density at radius 2 is 2.31 bits per heavy atom. The topological polar surface area (TPSA) is 55.1 Å². The van der Waals surface area contributed by atoms with E-state index in [0.717, 1.165) is 25.9 Å². The number of nitrogens with one attached hydrogen (secondary N) is 1. The van der Waals surface area contributed by atoms with Gasteiger partial charge < -0.3 is 11.1 Å². The zero-order chi connectivity index (χ0) is 12.0. The van der Waals surface area contributed by atoms with E-state index in [4.69, 9.17) is 5.73 Å². The van der Waals surface area contributed by atoms with Gasteiger partial charge in [-0.1, -0.05) is 19.9 Å². The second kappa shape index (κ2) is 3.59. The highest BCUT2D eigenvalue weighted by atomic mass is 16.1. The van der Waals surface area contributed by atoms with Gasteiger partial charge in [-0.05, 0) is 36.6 Å². The fourth-order valence-electron chi connectivity index (χ4n) is 4.00. The van der Waals surface area contributed by atoms with Crippen LogP contribution in [0.2, 0.25) is 0 Å². The van der Waals surface area contributed by atoms with Gasteiger partial charge in [0.1, 0.15) is 0 Å². The number of rotatable bonds is 3. The van der Waals surface area contributed by atoms with Gasteiger partial charge >= 0.3 is 0 Å². The molecular formula is C13H22N2O. The Bertz CT molecular complexity index is 328. The van der Waals surface area contributed by atoms with Crippen molar-refractivity contribution in [2.75, 3.05) is 13.1 Å². The van der Waals surface area contributed by atoms with Crippen LogP contribution in [0.5, 0.6) is 0 Å². The molecule has 1 amide bonds. The summed E-state index contributed by atoms with van der Waals surface area (Å²) < 4.78 is 0. The zero-order valence-electron chi connectivity index (χ0n) is 10.3. The third-order valence-corrected chi connectivity index (χ3v) is 4.85. The van der Waals surface area contributed by atoms with Crippen molar-refractivity contribution in [3.8, 4) is 0 Å². The Morgan fingerprint density at radius 1 is 1.62 bits per heavy atom. The first-order valence-corrected chi connectivity index (χ1v) is 6.05. The summed E-state index contributed by atoms with van der Waals surface area (Å²) in [5.41, 5.74) is 5.50. The van der Waals surface area contributed by atoms with Gasteiger partial charge in [-0.25, -0.2) is 0 Å². The fraction of sp³-hybridized carbons (Fsp3) is 0.769. The Balaban J connectivity index is 2.35. The molecule has 0 aromatic rings. The Hall–Kier alpha value is -0.830. The smallest absolute Gasteiger partial charge is 0.223 e. The van der Waals surface area contributed by atoms with E-state index in [-0.39, 0.29) is 16.7 Å². The molecule has 0 radical (unpaired) electrons. The van der Waals surface area contributed by atoms with Gasteiger partial charge in [0.25, 0.3) is 0 Å². The molecule has 1 aliphatic carbocycles. The lowest BCUT2D eigenvalue weighted by Crippen LogP contribution is -2.40. The number of fused-ring (bicyclic) bond motifs is 1. The number of hydrogen-bond donors (Lipinski definition) is 2. The predicted molar refractivity (Wildman–Crippen MR) is 64.7 cm³/mol. The van der Waals surface area contributed by atoms with E-state index in [0.29, 0.717) is 11.8 Å². The molecule has 3 nitrogen and oxygen atoms in total. The molecule has 1 saturated carbocycles. The first-order chi connectivity index (χ1) is 7.44. The second-order valence-corrected chi connectivity index (χ2v) is 5.98. The van der Waals surface area contributed by atoms with Gasteiger partial charge in [0, 0.05) is 6.54 Å². The normalized spacial score (nSPS) is 46.6. The van der Waals surface area contributed by atoms with Crippen LogP contribution in [0.4, 0.5) is 0 Å². The molecule has 0 spiro atoms. The van der Waals surface area contributed by atoms with E-state index in [2.05, 4.69) is 18.8 Å². The molecule has 90 valence electrons. The van der Waals surface area contributed by atoms with Crippen LogP contribution >= 0.6 is 0 Å². The van der Waals surface area contributed by atoms with E-state index in [1.165, 1.54) is 0 Å². The van der Waals surface area contributed by atoms with E-state index in [1.54, 1.807) is 0 Å². The Morgan fingerprint density at radius 3 is 2.88 bits per heavy atom. The largest absolute Gasteiger partial charge is 0.369 e. The standard InChI is InChI=1S/C13H22N2O/c1-4-5-9-10-6-15-8-12(10,2)7-13(9,3)11(14)16/h4,9-10,15H,1,5-8H2,2-3H3,(H2,14,16)/t9?,10-,12-,13?/m0/s1. The number of allylic oxidation sites excluding steroid dienone is 1. The number of amides is 1. The maximum absolute atomic E-state index is 11.7. The monoisotopic (exact) mass is 222 g/mol. The van der Waals surface area contributed by atoms with Gasteiger partial charge in [0.05, 0.1) is 5.41 Å². The molecule has 0 bridgehead atoms. The van der Waals surface area contributed by atoms with Gasteiger partial charge in [0.2, 0.25) is 5.91 Å². The number of carbonyl (C=O) groups is 1. The molecule has 2 fully saturated rings. The molecule has 16 heavy (non-hydrogen) atoms. The molecule has 2 aliphatic rings. The molecule has 1 aliphatic heterocycles. The van der Waals surface area contributed by atoms with Gasteiger partial charge in [-0.2, -0.15) is 0 Å². The van der Waals surface area contributed by atoms with Crippen LogP contribution in [-0.4, -0.2) is 19.0 Å². The Kier molecular flexibility index (Phi) is 2.61. The van der Waals surface area contributed by atoms with Gasteiger partial charge in [-0.15, -0.1) is 6.58 Å². The van der Waals surface area contributed by atoms with Crippen LogP contribution in [0.25, 0.3) is 0 Å². The molecular weight excluding hydrogens is 200 g/mol. The third kappa shape index (κ3) is 1.41. The molecule has 1 heterocycles. The number of hydrogen-bond acceptors (Lipinski definition) is 2. The van der Waals surface area contributed by atoms with Crippen LogP contribution in [0, 0.1) is 22.7 Å². The summed E-state index contributed by atoms with van der Waals surface area (Å²) in [6.07, 6.45) is 3.73. The van der Waals surface area contributed by atoms with Gasteiger partial charge in [0.15, 0.2) is 0 Å². The molecule has 0 aromatic heterocycles. The van der Waals surface area contributed by atoms with Crippen molar-refractivity contribution in [1.82, 2.24) is 5.32 Å². The average Bonchev–Trinajstić information content (AvgIpc) is 2.63. The minimum Gasteiger partial charge on any atom is -0.369 e. The zero-order valence-corrected chi connectivity index (χ0v) is 10.3. The summed E-state index contributed by atoms with van der Waals surface area (Å²) in [6.45, 7) is 10.1. The summed E-state index contributed by atoms with van der Waals surface area (Å²) in [5.74, 6) is 0.764. The van der Waals surface area contributed by atoms with E-state index in [1.807, 2.05) is 13.0 Å². The van der Waals surface area contributed by atoms with E-state index < -0.39 is 0 Å². The van der Waals surface area contributed by atoms with Crippen molar-refractivity contribution in [2.24, 2.45) is 28.4 Å². The molecule has 2 rings (SSSR count). The van der Waals surface area contributed by atoms with Crippen molar-refractivity contribution in [3.05, 3.63) is 12.7 Å². The summed E-state index contributed by atoms with van der Waals surface area (Å²) in [6, 6.07) is 0. The molecule has 3 heteroatoms. The summed E-state index contributed by atoms with van der Waals surface area (Å²) in [5, 5.41) is 3.44. The second-order valence-electron chi connectivity index (χ2n) is 5.98. The molecule has 4 atom stereocenters. The molecule has 2 unspecified atom stereocenters. The van der Waals surface area contributed by atoms with Gasteiger partial charge in [-0.3, -0.25) is 4.79 Å². The predicted octanol–water partition coefficient (Wildman–Crippen LogP) is 1.30. The van der Waals surface area contributed by atoms with E-state index in [9.17, 15) is 4.79 Å². The lowest BCUT2D eigenvalue weighted by molar-refractivity contribution is -0.129. The SMILES string of the molecule is C=CCC1[C@@H]2CNC[C@]2(C)CC1(C)C(N)=O. The first-order valence-electron chi connectivity index (χ1n) is 6.05. The highest BCUT2D eigenvalue weighted by Crippen LogP contribution is 2.59. The molecule has 0 aromatic carbocycles. The summed E-state index contributed by atoms with van der Waals surface area (Å²) >= 11 is 0. The number of carbonyl (C=O) groups excluding carboxylic acids is 1. The quantitative estimate of drug-likeness (QED) is 0.707. The summed E-state index contributed by atoms with van der Waals surface area (Å²) in [4.78, 5) is 11.7. The highest BCUT2D eigenvalue weighted by molar-refractivity contribution is 5.81. The number of nitrogens with two attached hydrogens (primary N) is 1. The van der Waals surface area contributed by atoms with Crippen LogP contribution in [0.15, 0.2) is 12.7 Å². The summed E-state index contributed by atoms with van der Waals surface area (Å²) in [7, 11) is 0. The van der Waals surface area contributed by atoms with Crippen molar-refractivity contribution in [3.63, 3.8) is 0 Å². The van der Waals surface area contributed by atoms with Crippen LogP contribution in [-0.2, 0) is 4.79 Å². The molecule has 3 N–H and O–H groups in total. The fourth-order valence-corrected chi connectivity index (χ4v) is 4.00. The Labute approximate surface area is 97.5 Å². The van der Waals surface area contributed by atoms with Crippen LogP contribution in [0.1, 0.15) is 26.7 Å². The van der Waals surface area contributed by atoms with Crippen molar-refractivity contribution >= 4 is 5.91 Å². The average molecular weight is 222 g/mol. The maximum Gasteiger partial charge on any atom is 0.223 e. The van der Waals surface area contributed by atoms with Crippen molar-refractivity contribution < 1.29 is 4.79 Å². The van der Waals surface area contributed by atoms with Crippen molar-refractivity contribution in [1.29, 1.82) is 0 Å². The maximum atomic E-state index is 11.7. The van der Waals surface area contributed by atoms with Crippen LogP contribution in [0.3, 0.4) is 0 Å². The van der Waals surface area contributed by atoms with E-state index >= 15 is 0 Å². The number of primary amides is 1. The minimum absolute atomic E-state index is 0.144. The lowest BCUT2D eigenvalue weighted by atomic mass is 9.74. The lowest BCUT2D eigenvalue weighted by Gasteiger charge is -2.30. The third-order valence-electron chi connectivity index (χ3n) is 4.85. The van der Waals surface area contributed by atoms with Crippen LogP contribution < -0.4 is 11.1 Å². The molecule has 1 saturated heterocycles. The van der Waals surface area contributed by atoms with Crippen molar-refractivity contribution in [2.45, 2.75) is 26.7 Å². The first kappa shape index (κ1) is 11.6.